The number of hydrogen-bond acceptors (Lipinski definition) is 3. The number of morpholine rings is 1. The summed E-state index contributed by atoms with van der Waals surface area (Å²) in [6, 6.07) is 4.86. The first-order valence-electron chi connectivity index (χ1n) is 6.41. The number of rotatable bonds is 2. The van der Waals surface area contributed by atoms with E-state index in [2.05, 4.69) is 21.2 Å². The first kappa shape index (κ1) is 15.0. The molecule has 0 aliphatic carbocycles. The molecule has 1 atom stereocenters. The minimum Gasteiger partial charge on any atom is -0.377 e. The molecule has 1 unspecified atom stereocenters. The molecule has 1 fully saturated rings. The topological polar surface area (TPSA) is 58.6 Å². The van der Waals surface area contributed by atoms with Gasteiger partial charge in [0.15, 0.2) is 0 Å². The average molecular weight is 341 g/mol. The molecule has 0 spiro atoms. The summed E-state index contributed by atoms with van der Waals surface area (Å²) in [5, 5.41) is 2.57. The highest BCUT2D eigenvalue weighted by molar-refractivity contribution is 9.10. The number of ether oxygens (including phenoxy) is 1. The molecular weight excluding hydrogens is 324 g/mol. The van der Waals surface area contributed by atoms with Crippen LogP contribution in [0.25, 0.3) is 0 Å². The molecule has 20 heavy (non-hydrogen) atoms. The van der Waals surface area contributed by atoms with Crippen molar-refractivity contribution < 1.29 is 14.3 Å². The minimum atomic E-state index is -0.565. The van der Waals surface area contributed by atoms with Crippen molar-refractivity contribution in [3.05, 3.63) is 33.8 Å². The van der Waals surface area contributed by atoms with Gasteiger partial charge in [-0.05, 0) is 30.7 Å². The van der Waals surface area contributed by atoms with Gasteiger partial charge in [0.05, 0.1) is 13.2 Å². The van der Waals surface area contributed by atoms with Crippen molar-refractivity contribution in [3.63, 3.8) is 0 Å². The van der Waals surface area contributed by atoms with E-state index in [9.17, 15) is 9.59 Å². The maximum atomic E-state index is 12.6. The third-order valence-corrected chi connectivity index (χ3v) is 4.23. The summed E-state index contributed by atoms with van der Waals surface area (Å²) in [7, 11) is 1.56. The predicted molar refractivity (Wildman–Crippen MR) is 78.6 cm³/mol. The smallest absolute Gasteiger partial charge is 0.254 e. The summed E-state index contributed by atoms with van der Waals surface area (Å²) >= 11 is 3.41. The quantitative estimate of drug-likeness (QED) is 0.883. The Balaban J connectivity index is 2.25. The van der Waals surface area contributed by atoms with Crippen LogP contribution in [0.3, 0.4) is 0 Å². The van der Waals surface area contributed by atoms with Gasteiger partial charge in [-0.25, -0.2) is 0 Å². The van der Waals surface area contributed by atoms with Gasteiger partial charge in [-0.1, -0.05) is 15.9 Å². The zero-order chi connectivity index (χ0) is 14.7. The largest absolute Gasteiger partial charge is 0.377 e. The van der Waals surface area contributed by atoms with Gasteiger partial charge >= 0.3 is 0 Å². The van der Waals surface area contributed by atoms with Crippen molar-refractivity contribution in [3.8, 4) is 0 Å². The number of hydrogen-bond donors (Lipinski definition) is 1. The van der Waals surface area contributed by atoms with E-state index >= 15 is 0 Å². The molecule has 0 aromatic heterocycles. The lowest BCUT2D eigenvalue weighted by atomic mass is 10.1. The maximum absolute atomic E-state index is 12.6. The number of benzene rings is 1. The van der Waals surface area contributed by atoms with Crippen molar-refractivity contribution in [2.45, 2.75) is 13.0 Å². The first-order chi connectivity index (χ1) is 9.54. The summed E-state index contributed by atoms with van der Waals surface area (Å²) in [6.07, 6.45) is 0. The van der Waals surface area contributed by atoms with Gasteiger partial charge in [0.2, 0.25) is 5.91 Å². The van der Waals surface area contributed by atoms with E-state index in [0.29, 0.717) is 18.7 Å². The van der Waals surface area contributed by atoms with Crippen LogP contribution in [0.15, 0.2) is 22.7 Å². The Morgan fingerprint density at radius 1 is 1.45 bits per heavy atom. The summed E-state index contributed by atoms with van der Waals surface area (Å²) < 4.78 is 6.26. The van der Waals surface area contributed by atoms with E-state index < -0.39 is 6.04 Å². The maximum Gasteiger partial charge on any atom is 0.254 e. The zero-order valence-electron chi connectivity index (χ0n) is 11.5. The van der Waals surface area contributed by atoms with Crippen molar-refractivity contribution >= 4 is 27.7 Å². The molecule has 1 aromatic carbocycles. The van der Waals surface area contributed by atoms with Gasteiger partial charge in [0.1, 0.15) is 6.04 Å². The van der Waals surface area contributed by atoms with E-state index in [1.54, 1.807) is 18.0 Å². The molecule has 5 nitrogen and oxygen atoms in total. The SMILES string of the molecule is CNC(=O)C1COCCN1C(=O)c1ccc(Br)c(C)c1. The van der Waals surface area contributed by atoms with Crippen molar-refractivity contribution in [1.82, 2.24) is 10.2 Å². The summed E-state index contributed by atoms with van der Waals surface area (Å²) in [4.78, 5) is 26.0. The molecule has 6 heteroatoms. The third-order valence-electron chi connectivity index (χ3n) is 3.34. The second kappa shape index (κ2) is 6.37. The molecule has 0 saturated carbocycles. The first-order valence-corrected chi connectivity index (χ1v) is 7.20. The Morgan fingerprint density at radius 3 is 2.85 bits per heavy atom. The number of aryl methyl sites for hydroxylation is 1. The van der Waals surface area contributed by atoms with E-state index in [4.69, 9.17) is 4.74 Å². The summed E-state index contributed by atoms with van der Waals surface area (Å²) in [5.74, 6) is -0.343. The van der Waals surface area contributed by atoms with Crippen LogP contribution in [-0.2, 0) is 9.53 Å². The lowest BCUT2D eigenvalue weighted by molar-refractivity contribution is -0.130. The highest BCUT2D eigenvalue weighted by Crippen LogP contribution is 2.19. The van der Waals surface area contributed by atoms with Gasteiger partial charge in [-0.3, -0.25) is 9.59 Å². The van der Waals surface area contributed by atoms with E-state index in [0.717, 1.165) is 10.0 Å². The van der Waals surface area contributed by atoms with Crippen molar-refractivity contribution in [2.24, 2.45) is 0 Å². The van der Waals surface area contributed by atoms with Gasteiger partial charge in [-0.2, -0.15) is 0 Å². The Hall–Kier alpha value is -1.40. The van der Waals surface area contributed by atoms with Gasteiger partial charge in [0.25, 0.3) is 5.91 Å². The van der Waals surface area contributed by atoms with E-state index in [1.807, 2.05) is 19.1 Å². The predicted octanol–water partition coefficient (Wildman–Crippen LogP) is 1.34. The standard InChI is InChI=1S/C14H17BrN2O3/c1-9-7-10(3-4-11(9)15)14(19)17-5-6-20-8-12(17)13(18)16-2/h3-4,7,12H,5-6,8H2,1-2H3,(H,16,18). The average Bonchev–Trinajstić information content (AvgIpc) is 2.48. The number of amides is 2. The Labute approximate surface area is 126 Å². The van der Waals surface area contributed by atoms with Crippen LogP contribution in [0.2, 0.25) is 0 Å². The van der Waals surface area contributed by atoms with Crippen LogP contribution in [0, 0.1) is 6.92 Å². The van der Waals surface area contributed by atoms with Crippen LogP contribution >= 0.6 is 15.9 Å². The fourth-order valence-corrected chi connectivity index (χ4v) is 2.42. The van der Waals surface area contributed by atoms with Gasteiger partial charge in [-0.15, -0.1) is 0 Å². The minimum absolute atomic E-state index is 0.141. The Morgan fingerprint density at radius 2 is 2.20 bits per heavy atom. The van der Waals surface area contributed by atoms with E-state index in [1.165, 1.54) is 0 Å². The highest BCUT2D eigenvalue weighted by atomic mass is 79.9. The van der Waals surface area contributed by atoms with Crippen LogP contribution in [0.1, 0.15) is 15.9 Å². The molecule has 1 aliphatic heterocycles. The number of nitrogens with zero attached hydrogens (tertiary/aromatic N) is 1. The monoisotopic (exact) mass is 340 g/mol. The molecule has 2 amide bonds. The molecule has 0 radical (unpaired) electrons. The fourth-order valence-electron chi connectivity index (χ4n) is 2.17. The molecule has 1 aromatic rings. The van der Waals surface area contributed by atoms with Crippen LogP contribution < -0.4 is 5.32 Å². The third kappa shape index (κ3) is 3.02. The molecule has 1 saturated heterocycles. The van der Waals surface area contributed by atoms with Gasteiger partial charge < -0.3 is 15.0 Å². The number of carbonyl (C=O) groups excluding carboxylic acids is 2. The molecule has 1 aliphatic rings. The zero-order valence-corrected chi connectivity index (χ0v) is 13.1. The van der Waals surface area contributed by atoms with Crippen LogP contribution in [0.5, 0.6) is 0 Å². The van der Waals surface area contributed by atoms with Crippen molar-refractivity contribution in [2.75, 3.05) is 26.8 Å². The molecular formula is C14H17BrN2O3. The number of halogens is 1. The van der Waals surface area contributed by atoms with E-state index in [-0.39, 0.29) is 18.4 Å². The second-order valence-corrected chi connectivity index (χ2v) is 5.52. The molecule has 1 N–H and O–H groups in total. The van der Waals surface area contributed by atoms with Crippen LogP contribution in [0.4, 0.5) is 0 Å². The molecule has 108 valence electrons. The molecule has 0 bridgehead atoms. The van der Waals surface area contributed by atoms with Crippen molar-refractivity contribution in [1.29, 1.82) is 0 Å². The number of nitrogens with one attached hydrogen (secondary N) is 1. The Bertz CT molecular complexity index is 533. The summed E-state index contributed by atoms with van der Waals surface area (Å²) in [5.41, 5.74) is 1.57. The normalized spacial score (nSPS) is 18.8. The lowest BCUT2D eigenvalue weighted by Crippen LogP contribution is -2.55. The van der Waals surface area contributed by atoms with Gasteiger partial charge in [0, 0.05) is 23.6 Å². The number of likely N-dealkylation sites (N-methyl/N-ethyl adjacent to an activating group) is 1. The fraction of sp³-hybridized carbons (Fsp3) is 0.429. The number of carbonyl (C=O) groups is 2. The lowest BCUT2D eigenvalue weighted by Gasteiger charge is -2.34. The van der Waals surface area contributed by atoms with Crippen LogP contribution in [-0.4, -0.2) is 49.6 Å². The second-order valence-electron chi connectivity index (χ2n) is 4.67. The Kier molecular flexibility index (Phi) is 4.77. The molecule has 2 rings (SSSR count). The summed E-state index contributed by atoms with van der Waals surface area (Å²) in [6.45, 7) is 3.04. The highest BCUT2D eigenvalue weighted by Gasteiger charge is 2.32. The molecule has 1 heterocycles.